The number of carbonyl (C=O) groups is 10. The molecule has 0 aliphatic carbocycles. The van der Waals surface area contributed by atoms with Gasteiger partial charge in [0.05, 0.1) is 34.5 Å². The van der Waals surface area contributed by atoms with Crippen molar-refractivity contribution in [1.29, 1.82) is 0 Å². The fourth-order valence-corrected chi connectivity index (χ4v) is 8.82. The summed E-state index contributed by atoms with van der Waals surface area (Å²) in [5.41, 5.74) is 8.78. The van der Waals surface area contributed by atoms with E-state index in [0.29, 0.717) is 30.8 Å². The van der Waals surface area contributed by atoms with Gasteiger partial charge in [-0.05, 0) is 144 Å². The molecule has 5 aromatic carbocycles. The Morgan fingerprint density at radius 3 is 1.60 bits per heavy atom. The van der Waals surface area contributed by atoms with Gasteiger partial charge in [0, 0.05) is 48.6 Å². The van der Waals surface area contributed by atoms with Crippen LogP contribution in [0.3, 0.4) is 0 Å². The van der Waals surface area contributed by atoms with Gasteiger partial charge in [0.2, 0.25) is 29.5 Å². The van der Waals surface area contributed by atoms with Gasteiger partial charge in [-0.1, -0.05) is 0 Å². The number of benzene rings is 5. The molecule has 5 aromatic rings. The smallest absolute Gasteiger partial charge is 0.356 e. The summed E-state index contributed by atoms with van der Waals surface area (Å²) in [6, 6.07) is 16.6. The lowest BCUT2D eigenvalue weighted by molar-refractivity contribution is -0.148. The van der Waals surface area contributed by atoms with Gasteiger partial charge in [-0.2, -0.15) is 10.2 Å². The molecule has 27 heteroatoms. The van der Waals surface area contributed by atoms with Gasteiger partial charge < -0.3 is 71.6 Å². The Bertz CT molecular complexity index is 3390. The zero-order valence-corrected chi connectivity index (χ0v) is 46.8. The number of hydrogen-bond donors (Lipinski definition) is 10. The van der Waals surface area contributed by atoms with Crippen molar-refractivity contribution in [3.63, 3.8) is 0 Å². The molecule has 2 aliphatic rings. The number of aromatic hydroxyl groups is 2. The number of aliphatic carboxylic acids is 1. The monoisotopic (exact) mass is 1170 g/mol. The molecule has 2 aliphatic heterocycles. The van der Waals surface area contributed by atoms with Gasteiger partial charge in [-0.3, -0.25) is 28.8 Å². The lowest BCUT2D eigenvalue weighted by atomic mass is 9.77. The third-order valence-electron chi connectivity index (χ3n) is 13.5. The largest absolute Gasteiger partial charge is 0.508 e. The molecule has 6 atom stereocenters. The third-order valence-corrected chi connectivity index (χ3v) is 13.5. The van der Waals surface area contributed by atoms with Gasteiger partial charge in [0.15, 0.2) is 5.60 Å². The predicted octanol–water partition coefficient (Wildman–Crippen LogP) is 3.67. The van der Waals surface area contributed by atoms with E-state index >= 15 is 0 Å². The normalized spacial score (nSPS) is 14.6. The van der Waals surface area contributed by atoms with Crippen LogP contribution < -0.4 is 47.4 Å². The number of esters is 3. The van der Waals surface area contributed by atoms with E-state index in [1.54, 1.807) is 12.1 Å². The Hall–Kier alpha value is -10.3. The number of ether oxygens (including phenoxy) is 3. The average Bonchev–Trinajstić information content (AvgIpc) is 2.64. The highest BCUT2D eigenvalue weighted by Crippen LogP contribution is 2.57. The first-order valence-electron chi connectivity index (χ1n) is 26.6. The van der Waals surface area contributed by atoms with Crippen LogP contribution in [0.4, 0.5) is 17.1 Å². The van der Waals surface area contributed by atoms with E-state index in [4.69, 9.17) is 24.8 Å². The second-order valence-corrected chi connectivity index (χ2v) is 20.1. The van der Waals surface area contributed by atoms with E-state index in [1.165, 1.54) is 88.4 Å². The molecule has 85 heavy (non-hydrogen) atoms. The molecule has 0 aromatic heterocycles. The number of phenolic OH excluding ortho intramolecular Hbond substituents is 2. The number of phenols is 2. The van der Waals surface area contributed by atoms with Crippen LogP contribution in [0.5, 0.6) is 23.0 Å². The van der Waals surface area contributed by atoms with Gasteiger partial charge in [0.25, 0.3) is 0 Å². The Labute approximate surface area is 485 Å². The number of nitrogens with one attached hydrogen (secondary N) is 6. The first-order chi connectivity index (χ1) is 40.4. The van der Waals surface area contributed by atoms with E-state index in [-0.39, 0.29) is 62.8 Å². The van der Waals surface area contributed by atoms with E-state index in [9.17, 15) is 63.3 Å². The van der Waals surface area contributed by atoms with Gasteiger partial charge >= 0.3 is 29.8 Å². The average molecular weight is 1170 g/mol. The van der Waals surface area contributed by atoms with Crippen LogP contribution in [0.1, 0.15) is 101 Å². The van der Waals surface area contributed by atoms with Gasteiger partial charge in [-0.25, -0.2) is 19.2 Å². The Balaban J connectivity index is 0.887. The molecule has 0 fully saturated rings. The standard InChI is InChI=1S/C58H62N10O17/c1-29(61-51(75)31(3)63-53(77)44(9-7-8-24-59)67-85-55(79)33-10-13-35(14-11-33)65-66-36-15-17-37(18-16-36)68(5)6)49(73)60-30(2)50(74)62-32(4)52(76)64-45(28-48(71)72)57(81)83-54(78)34-12-21-40-43(25-34)58(84-56(40)80)41-22-19-38(69)26-46(41)82-47-27-39(70)20-23-42(47)58/h10-23,25-27,29-32,44-45,67,69-70H,7-9,24,28,59H2,1-6H3,(H,60,73)(H,61,75)(H,62,74)(H,63,77)(H,64,76)(H,71,72)/t29-,30-,31-,32-,44-,45-/m0/s1. The second-order valence-electron chi connectivity index (χ2n) is 20.1. The summed E-state index contributed by atoms with van der Waals surface area (Å²) in [4.78, 5) is 139. The number of rotatable bonds is 24. The number of hydroxylamine groups is 1. The van der Waals surface area contributed by atoms with Gasteiger partial charge in [0.1, 0.15) is 59.2 Å². The minimum atomic E-state index is -1.99. The van der Waals surface area contributed by atoms with E-state index in [1.807, 2.05) is 43.3 Å². The number of carboxylic acids is 1. The summed E-state index contributed by atoms with van der Waals surface area (Å²) >= 11 is 0. The van der Waals surface area contributed by atoms with Crippen molar-refractivity contribution in [3.05, 3.63) is 137 Å². The highest BCUT2D eigenvalue weighted by Gasteiger charge is 2.54. The van der Waals surface area contributed by atoms with Crippen LogP contribution in [0.15, 0.2) is 113 Å². The molecule has 1 spiro atoms. The van der Waals surface area contributed by atoms with Crippen LogP contribution in [0.25, 0.3) is 0 Å². The molecule has 11 N–H and O–H groups in total. The highest BCUT2D eigenvalue weighted by atomic mass is 16.7. The molecule has 0 bridgehead atoms. The number of carbonyl (C=O) groups excluding carboxylic acids is 9. The molecule has 446 valence electrons. The highest BCUT2D eigenvalue weighted by molar-refractivity contribution is 6.03. The number of hydrogen-bond acceptors (Lipinski definition) is 21. The molecule has 5 amide bonds. The first kappa shape index (κ1) is 62.3. The van der Waals surface area contributed by atoms with Crippen LogP contribution in [-0.4, -0.2) is 132 Å². The van der Waals surface area contributed by atoms with Crippen LogP contribution >= 0.6 is 0 Å². The maximum Gasteiger partial charge on any atom is 0.356 e. The number of fused-ring (bicyclic) bond motifs is 6. The minimum Gasteiger partial charge on any atom is -0.508 e. The van der Waals surface area contributed by atoms with Gasteiger partial charge in [-0.15, -0.1) is 5.48 Å². The molecule has 0 radical (unpaired) electrons. The molecule has 0 saturated carbocycles. The number of unbranched alkanes of at least 4 members (excludes halogenated alkanes) is 1. The number of azo groups is 1. The molecule has 2 heterocycles. The molecule has 7 rings (SSSR count). The number of carboxylic acid groups (broad SMARTS) is 1. The van der Waals surface area contributed by atoms with Crippen LogP contribution in [0, 0.1) is 0 Å². The predicted molar refractivity (Wildman–Crippen MR) is 300 cm³/mol. The summed E-state index contributed by atoms with van der Waals surface area (Å²) in [7, 11) is 3.84. The molecule has 27 nitrogen and oxygen atoms in total. The molecule has 0 saturated heterocycles. The second kappa shape index (κ2) is 27.2. The maximum absolute atomic E-state index is 13.6. The van der Waals surface area contributed by atoms with E-state index in [0.717, 1.165) is 11.8 Å². The lowest BCUT2D eigenvalue weighted by Gasteiger charge is -2.36. The number of nitrogens with two attached hydrogens (primary N) is 1. The SMILES string of the molecule is C[C@H](NC(=O)[C@H](C)NC(=O)[C@H](C)NC(=O)[C@H](CCCCN)NOC(=O)c1ccc(N=Nc2ccc(N(C)C)cc2)cc1)C(=O)N[C@@H](C)C(=O)N[C@@H](CC(=O)O)C(=O)OC(=O)c1ccc2c(c1)C1(OC2=O)c2ccc(O)cc2Oc2cc(O)ccc21. The third kappa shape index (κ3) is 15.1. The van der Waals surface area contributed by atoms with Crippen molar-refractivity contribution in [1.82, 2.24) is 32.1 Å². The summed E-state index contributed by atoms with van der Waals surface area (Å²) in [5.74, 6) is -10.8. The topological polar surface area (TPSA) is 394 Å². The van der Waals surface area contributed by atoms with Crippen LogP contribution in [-0.2, 0) is 53.5 Å². The number of nitrogens with zero attached hydrogens (tertiary/aromatic N) is 3. The minimum absolute atomic E-state index is 0.00152. The van der Waals surface area contributed by atoms with Crippen molar-refractivity contribution in [2.45, 2.75) is 95.2 Å². The summed E-state index contributed by atoms with van der Waals surface area (Å²) in [6.07, 6.45) is 0.0529. The quantitative estimate of drug-likeness (QED) is 0.0105. The van der Waals surface area contributed by atoms with Crippen molar-refractivity contribution >= 4 is 76.4 Å². The van der Waals surface area contributed by atoms with Crippen LogP contribution in [0.2, 0.25) is 0 Å². The van der Waals surface area contributed by atoms with Crippen molar-refractivity contribution in [2.24, 2.45) is 16.0 Å². The van der Waals surface area contributed by atoms with Crippen molar-refractivity contribution in [2.75, 3.05) is 25.5 Å². The fourth-order valence-electron chi connectivity index (χ4n) is 8.82. The molecule has 0 unspecified atom stereocenters. The Kier molecular flexibility index (Phi) is 19.9. The zero-order valence-electron chi connectivity index (χ0n) is 46.8. The first-order valence-corrected chi connectivity index (χ1v) is 26.6. The summed E-state index contributed by atoms with van der Waals surface area (Å²) in [5, 5.41) is 50.4. The van der Waals surface area contributed by atoms with Crippen molar-refractivity contribution < 1.29 is 82.3 Å². The maximum atomic E-state index is 13.6. The fraction of sp³-hybridized carbons (Fsp3) is 0.310. The molecular formula is C58H62N10O17. The Morgan fingerprint density at radius 2 is 1.09 bits per heavy atom. The summed E-state index contributed by atoms with van der Waals surface area (Å²) in [6.45, 7) is 5.40. The Morgan fingerprint density at radius 1 is 0.600 bits per heavy atom. The summed E-state index contributed by atoms with van der Waals surface area (Å²) < 4.78 is 17.0. The van der Waals surface area contributed by atoms with Crippen molar-refractivity contribution in [3.8, 4) is 23.0 Å². The number of amides is 5. The lowest BCUT2D eigenvalue weighted by Crippen LogP contribution is -2.57. The van der Waals surface area contributed by atoms with E-state index in [2.05, 4.69) is 42.3 Å². The zero-order chi connectivity index (χ0) is 61.9. The van der Waals surface area contributed by atoms with E-state index < -0.39 is 108 Å². The number of anilines is 1. The molecular weight excluding hydrogens is 1110 g/mol.